The molecule has 2 heterocycles. The lowest BCUT2D eigenvalue weighted by Crippen LogP contribution is -1.89. The van der Waals surface area contributed by atoms with Gasteiger partial charge in [-0.3, -0.25) is 4.98 Å². The predicted octanol–water partition coefficient (Wildman–Crippen LogP) is 3.01. The van der Waals surface area contributed by atoms with Gasteiger partial charge in [0.2, 0.25) is 0 Å². The van der Waals surface area contributed by atoms with E-state index >= 15 is 0 Å². The van der Waals surface area contributed by atoms with Gasteiger partial charge in [0.05, 0.1) is 21.8 Å². The summed E-state index contributed by atoms with van der Waals surface area (Å²) in [5.41, 5.74) is 9.03. The summed E-state index contributed by atoms with van der Waals surface area (Å²) in [6, 6.07) is 5.09. The van der Waals surface area contributed by atoms with Crippen LogP contribution in [0.3, 0.4) is 0 Å². The van der Waals surface area contributed by atoms with Gasteiger partial charge in [0.1, 0.15) is 0 Å². The van der Waals surface area contributed by atoms with Crippen LogP contribution in [0.4, 0.5) is 10.1 Å². The van der Waals surface area contributed by atoms with Crippen molar-refractivity contribution < 1.29 is 4.39 Å². The standard InChI is InChI=1S/C11H8FN3S/c12-11-6-3-9(10-4-14-5-16-10)15-8(6)2-1-7(11)13/h1-5,15H,13H2. The number of hydrogen-bond acceptors (Lipinski definition) is 3. The number of benzene rings is 1. The Morgan fingerprint density at radius 1 is 1.38 bits per heavy atom. The average Bonchev–Trinajstić information content (AvgIpc) is 2.91. The van der Waals surface area contributed by atoms with Gasteiger partial charge in [-0.25, -0.2) is 4.39 Å². The molecule has 0 saturated heterocycles. The van der Waals surface area contributed by atoms with Crippen molar-refractivity contribution >= 4 is 27.9 Å². The van der Waals surface area contributed by atoms with Crippen molar-refractivity contribution in [3.05, 3.63) is 35.7 Å². The minimum absolute atomic E-state index is 0.169. The maximum atomic E-state index is 13.7. The third kappa shape index (κ3) is 1.29. The van der Waals surface area contributed by atoms with Crippen molar-refractivity contribution in [3.8, 4) is 10.6 Å². The van der Waals surface area contributed by atoms with E-state index in [0.717, 1.165) is 16.1 Å². The highest BCUT2D eigenvalue weighted by molar-refractivity contribution is 7.13. The number of aromatic amines is 1. The Morgan fingerprint density at radius 3 is 3.00 bits per heavy atom. The minimum atomic E-state index is -0.371. The first-order chi connectivity index (χ1) is 7.75. The molecular formula is C11H8FN3S. The molecule has 2 aromatic heterocycles. The molecule has 3 nitrogen and oxygen atoms in total. The van der Waals surface area contributed by atoms with Crippen LogP contribution in [0.1, 0.15) is 0 Å². The lowest BCUT2D eigenvalue weighted by atomic mass is 10.2. The number of H-pyrrole nitrogens is 1. The van der Waals surface area contributed by atoms with Crippen molar-refractivity contribution in [2.45, 2.75) is 0 Å². The largest absolute Gasteiger partial charge is 0.396 e. The Morgan fingerprint density at radius 2 is 2.25 bits per heavy atom. The molecule has 0 aliphatic heterocycles. The lowest BCUT2D eigenvalue weighted by Gasteiger charge is -1.95. The average molecular weight is 233 g/mol. The van der Waals surface area contributed by atoms with Crippen LogP contribution in [-0.4, -0.2) is 9.97 Å². The number of hydrogen-bond donors (Lipinski definition) is 2. The third-order valence-corrected chi connectivity index (χ3v) is 3.27. The van der Waals surface area contributed by atoms with Crippen LogP contribution in [-0.2, 0) is 0 Å². The Labute approximate surface area is 94.7 Å². The van der Waals surface area contributed by atoms with Crippen molar-refractivity contribution in [1.29, 1.82) is 0 Å². The number of thiazole rings is 1. The number of nitrogens with zero attached hydrogens (tertiary/aromatic N) is 1. The Kier molecular flexibility index (Phi) is 1.94. The van der Waals surface area contributed by atoms with Gasteiger partial charge >= 0.3 is 0 Å². The zero-order valence-corrected chi connectivity index (χ0v) is 9.01. The monoisotopic (exact) mass is 233 g/mol. The van der Waals surface area contributed by atoms with Gasteiger partial charge in [-0.2, -0.15) is 0 Å². The van der Waals surface area contributed by atoms with E-state index in [1.165, 1.54) is 11.3 Å². The molecule has 0 radical (unpaired) electrons. The fourth-order valence-electron chi connectivity index (χ4n) is 1.67. The number of halogens is 1. The predicted molar refractivity (Wildman–Crippen MR) is 63.8 cm³/mol. The van der Waals surface area contributed by atoms with Gasteiger partial charge in [-0.1, -0.05) is 0 Å². The van der Waals surface area contributed by atoms with E-state index in [0.29, 0.717) is 5.39 Å². The maximum Gasteiger partial charge on any atom is 0.155 e. The van der Waals surface area contributed by atoms with Crippen LogP contribution in [0.15, 0.2) is 29.9 Å². The molecule has 0 bridgehead atoms. The molecular weight excluding hydrogens is 225 g/mol. The second-order valence-corrected chi connectivity index (χ2v) is 4.37. The first-order valence-electron chi connectivity index (χ1n) is 4.71. The number of aromatic nitrogens is 2. The van der Waals surface area contributed by atoms with Crippen molar-refractivity contribution in [3.63, 3.8) is 0 Å². The number of anilines is 1. The van der Waals surface area contributed by atoms with E-state index in [4.69, 9.17) is 5.73 Å². The minimum Gasteiger partial charge on any atom is -0.396 e. The van der Waals surface area contributed by atoms with Gasteiger partial charge in [0.25, 0.3) is 0 Å². The molecule has 5 heteroatoms. The third-order valence-electron chi connectivity index (χ3n) is 2.47. The molecule has 80 valence electrons. The van der Waals surface area contributed by atoms with Crippen molar-refractivity contribution in [1.82, 2.24) is 9.97 Å². The van der Waals surface area contributed by atoms with Gasteiger partial charge in [-0.15, -0.1) is 11.3 Å². The zero-order valence-electron chi connectivity index (χ0n) is 8.20. The molecule has 3 N–H and O–H groups in total. The molecule has 0 aliphatic carbocycles. The molecule has 0 atom stereocenters. The Hall–Kier alpha value is -1.88. The highest BCUT2D eigenvalue weighted by Gasteiger charge is 2.10. The summed E-state index contributed by atoms with van der Waals surface area (Å²) in [6.45, 7) is 0. The topological polar surface area (TPSA) is 54.7 Å². The molecule has 0 unspecified atom stereocenters. The second-order valence-electron chi connectivity index (χ2n) is 3.48. The molecule has 3 rings (SSSR count). The normalized spacial score (nSPS) is 11.1. The number of fused-ring (bicyclic) bond motifs is 1. The Bertz CT molecular complexity index is 643. The molecule has 0 amide bonds. The van der Waals surface area contributed by atoms with Crippen LogP contribution in [0, 0.1) is 5.82 Å². The highest BCUT2D eigenvalue weighted by Crippen LogP contribution is 2.29. The smallest absolute Gasteiger partial charge is 0.155 e. The van der Waals surface area contributed by atoms with E-state index in [-0.39, 0.29) is 11.5 Å². The SMILES string of the molecule is Nc1ccc2[nH]c(-c3cncs3)cc2c1F. The second kappa shape index (κ2) is 3.31. The van der Waals surface area contributed by atoms with E-state index in [2.05, 4.69) is 9.97 Å². The van der Waals surface area contributed by atoms with E-state index in [9.17, 15) is 4.39 Å². The number of nitrogens with one attached hydrogen (secondary N) is 1. The van der Waals surface area contributed by atoms with Crippen LogP contribution in [0.2, 0.25) is 0 Å². The van der Waals surface area contributed by atoms with Crippen LogP contribution >= 0.6 is 11.3 Å². The number of nitrogens with two attached hydrogens (primary N) is 1. The van der Waals surface area contributed by atoms with Gasteiger partial charge < -0.3 is 10.7 Å². The first kappa shape index (κ1) is 9.35. The maximum absolute atomic E-state index is 13.7. The lowest BCUT2D eigenvalue weighted by molar-refractivity contribution is 0.644. The molecule has 0 spiro atoms. The number of rotatable bonds is 1. The van der Waals surface area contributed by atoms with Crippen LogP contribution in [0.25, 0.3) is 21.5 Å². The van der Waals surface area contributed by atoms with Crippen LogP contribution < -0.4 is 5.73 Å². The zero-order chi connectivity index (χ0) is 11.1. The quantitative estimate of drug-likeness (QED) is 0.635. The molecule has 0 fully saturated rings. The van der Waals surface area contributed by atoms with E-state index < -0.39 is 0 Å². The highest BCUT2D eigenvalue weighted by atomic mass is 32.1. The number of nitrogen functional groups attached to an aromatic ring is 1. The summed E-state index contributed by atoms with van der Waals surface area (Å²) < 4.78 is 13.7. The summed E-state index contributed by atoms with van der Waals surface area (Å²) in [7, 11) is 0. The van der Waals surface area contributed by atoms with E-state index in [1.807, 2.05) is 0 Å². The summed E-state index contributed by atoms with van der Waals surface area (Å²) >= 11 is 1.51. The van der Waals surface area contributed by atoms with Crippen molar-refractivity contribution in [2.75, 3.05) is 5.73 Å². The summed E-state index contributed by atoms with van der Waals surface area (Å²) in [5.74, 6) is -0.371. The summed E-state index contributed by atoms with van der Waals surface area (Å²) in [6.07, 6.45) is 1.75. The molecule has 1 aromatic carbocycles. The molecule has 0 saturated carbocycles. The van der Waals surface area contributed by atoms with Gasteiger partial charge in [-0.05, 0) is 18.2 Å². The van der Waals surface area contributed by atoms with Crippen LogP contribution in [0.5, 0.6) is 0 Å². The first-order valence-corrected chi connectivity index (χ1v) is 5.59. The molecule has 0 aliphatic rings. The molecule has 3 aromatic rings. The fraction of sp³-hybridized carbons (Fsp3) is 0. The molecule has 16 heavy (non-hydrogen) atoms. The fourth-order valence-corrected chi connectivity index (χ4v) is 2.26. The van der Waals surface area contributed by atoms with Gasteiger partial charge in [0, 0.05) is 17.1 Å². The van der Waals surface area contributed by atoms with Gasteiger partial charge in [0.15, 0.2) is 5.82 Å². The van der Waals surface area contributed by atoms with E-state index in [1.54, 1.807) is 29.9 Å². The summed E-state index contributed by atoms with van der Waals surface area (Å²) in [4.78, 5) is 8.11. The van der Waals surface area contributed by atoms with Crippen molar-refractivity contribution in [2.24, 2.45) is 0 Å². The Balaban J connectivity index is 2.28. The summed E-state index contributed by atoms with van der Waals surface area (Å²) in [5, 5.41) is 0.517.